The van der Waals surface area contributed by atoms with Crippen molar-refractivity contribution in [1.82, 2.24) is 14.9 Å². The Labute approximate surface area is 185 Å². The fourth-order valence-electron chi connectivity index (χ4n) is 3.45. The Morgan fingerprint density at radius 1 is 1.06 bits per heavy atom. The predicted octanol–water partition coefficient (Wildman–Crippen LogP) is 5.68. The van der Waals surface area contributed by atoms with Gasteiger partial charge >= 0.3 is 0 Å². The Morgan fingerprint density at radius 3 is 2.45 bits per heavy atom. The first kappa shape index (κ1) is 22.9. The number of aryl methyl sites for hydroxylation is 1. The fraction of sp³-hybridized carbons (Fsp3) is 0.462. The van der Waals surface area contributed by atoms with Gasteiger partial charge in [0.1, 0.15) is 11.6 Å². The second-order valence-corrected chi connectivity index (χ2v) is 9.38. The molecule has 2 aromatic carbocycles. The number of nitrogens with one attached hydrogen (secondary N) is 1. The van der Waals surface area contributed by atoms with E-state index < -0.39 is 5.41 Å². The zero-order chi connectivity index (χ0) is 22.4. The molecule has 0 radical (unpaired) electrons. The number of amides is 1. The largest absolute Gasteiger partial charge is 0.494 e. The lowest BCUT2D eigenvalue weighted by molar-refractivity contribution is -0.128. The molecule has 1 heterocycles. The molecule has 0 saturated heterocycles. The second kappa shape index (κ2) is 9.99. The SMILES string of the molecule is CC(C)c1ccc(OCCCCn2c(CNC(=O)C(C)(C)C)nc3ccccc32)cc1. The van der Waals surface area contributed by atoms with Crippen LogP contribution < -0.4 is 10.1 Å². The third-order valence-electron chi connectivity index (χ3n) is 5.41. The van der Waals surface area contributed by atoms with Gasteiger partial charge in [-0.25, -0.2) is 4.98 Å². The van der Waals surface area contributed by atoms with Crippen LogP contribution in [0, 0.1) is 5.41 Å². The summed E-state index contributed by atoms with van der Waals surface area (Å²) in [5, 5.41) is 3.03. The molecule has 0 atom stereocenters. The van der Waals surface area contributed by atoms with Gasteiger partial charge in [-0.1, -0.05) is 58.9 Å². The van der Waals surface area contributed by atoms with Crippen molar-refractivity contribution in [3.63, 3.8) is 0 Å². The van der Waals surface area contributed by atoms with Crippen LogP contribution in [0.5, 0.6) is 5.75 Å². The number of benzene rings is 2. The van der Waals surface area contributed by atoms with Crippen LogP contribution in [0.15, 0.2) is 48.5 Å². The minimum absolute atomic E-state index is 0.0305. The Hall–Kier alpha value is -2.82. The van der Waals surface area contributed by atoms with Crippen LogP contribution in [-0.2, 0) is 17.9 Å². The van der Waals surface area contributed by atoms with E-state index in [9.17, 15) is 4.79 Å². The molecule has 0 bridgehead atoms. The van der Waals surface area contributed by atoms with Crippen LogP contribution in [0.2, 0.25) is 0 Å². The van der Waals surface area contributed by atoms with Gasteiger partial charge in [-0.15, -0.1) is 0 Å². The molecule has 0 aliphatic rings. The normalized spacial score (nSPS) is 11.8. The number of carbonyl (C=O) groups is 1. The fourth-order valence-corrected chi connectivity index (χ4v) is 3.45. The first-order chi connectivity index (χ1) is 14.8. The topological polar surface area (TPSA) is 56.1 Å². The standard InChI is InChI=1S/C26H35N3O2/c1-19(2)20-12-14-21(15-13-20)31-17-9-8-16-29-23-11-7-6-10-22(23)28-24(29)18-27-25(30)26(3,4)5/h6-7,10-15,19H,8-9,16-18H2,1-5H3,(H,27,30). The molecular formula is C26H35N3O2. The van der Waals surface area contributed by atoms with E-state index in [1.54, 1.807) is 0 Å². The maximum atomic E-state index is 12.3. The van der Waals surface area contributed by atoms with E-state index in [2.05, 4.69) is 54.1 Å². The molecule has 31 heavy (non-hydrogen) atoms. The molecule has 3 aromatic rings. The maximum Gasteiger partial charge on any atom is 0.225 e. The Morgan fingerprint density at radius 2 is 1.77 bits per heavy atom. The van der Waals surface area contributed by atoms with Crippen molar-refractivity contribution in [1.29, 1.82) is 0 Å². The number of imidazole rings is 1. The number of nitrogens with zero attached hydrogens (tertiary/aromatic N) is 2. The number of hydrogen-bond donors (Lipinski definition) is 1. The van der Waals surface area contributed by atoms with Gasteiger partial charge in [-0.3, -0.25) is 4.79 Å². The van der Waals surface area contributed by atoms with E-state index in [-0.39, 0.29) is 5.91 Å². The van der Waals surface area contributed by atoms with Crippen molar-refractivity contribution < 1.29 is 9.53 Å². The van der Waals surface area contributed by atoms with Crippen LogP contribution in [0.1, 0.15) is 64.8 Å². The molecule has 0 fully saturated rings. The number of unbranched alkanes of at least 4 members (excludes halogenated alkanes) is 1. The van der Waals surface area contributed by atoms with Crippen molar-refractivity contribution in [2.45, 2.75) is 66.5 Å². The maximum absolute atomic E-state index is 12.3. The molecule has 0 unspecified atom stereocenters. The van der Waals surface area contributed by atoms with Crippen molar-refractivity contribution in [2.75, 3.05) is 6.61 Å². The second-order valence-electron chi connectivity index (χ2n) is 9.38. The number of carbonyl (C=O) groups excluding carboxylic acids is 1. The van der Waals surface area contributed by atoms with Gasteiger partial charge in [0.25, 0.3) is 0 Å². The summed E-state index contributed by atoms with van der Waals surface area (Å²) < 4.78 is 8.13. The van der Waals surface area contributed by atoms with Gasteiger partial charge in [0, 0.05) is 12.0 Å². The molecule has 5 nitrogen and oxygen atoms in total. The Kier molecular flexibility index (Phi) is 7.37. The quantitative estimate of drug-likeness (QED) is 0.452. The van der Waals surface area contributed by atoms with E-state index in [0.717, 1.165) is 42.0 Å². The summed E-state index contributed by atoms with van der Waals surface area (Å²) in [7, 11) is 0. The molecule has 1 N–H and O–H groups in total. The summed E-state index contributed by atoms with van der Waals surface area (Å²) in [5.41, 5.74) is 2.98. The third kappa shape index (κ3) is 6.09. The molecule has 1 aromatic heterocycles. The summed E-state index contributed by atoms with van der Waals surface area (Å²) in [4.78, 5) is 17.0. The Balaban J connectivity index is 1.57. The number of rotatable bonds is 9. The van der Waals surface area contributed by atoms with E-state index in [1.165, 1.54) is 5.56 Å². The van der Waals surface area contributed by atoms with Gasteiger partial charge in [0.15, 0.2) is 0 Å². The summed E-state index contributed by atoms with van der Waals surface area (Å²) in [5.74, 6) is 2.37. The van der Waals surface area contributed by atoms with Crippen LogP contribution in [-0.4, -0.2) is 22.1 Å². The summed E-state index contributed by atoms with van der Waals surface area (Å²) in [6.07, 6.45) is 1.93. The first-order valence-corrected chi connectivity index (χ1v) is 11.2. The molecule has 3 rings (SSSR count). The number of hydrogen-bond acceptors (Lipinski definition) is 3. The minimum atomic E-state index is -0.415. The van der Waals surface area contributed by atoms with Crippen molar-refractivity contribution in [3.05, 3.63) is 59.9 Å². The lowest BCUT2D eigenvalue weighted by atomic mass is 9.96. The van der Waals surface area contributed by atoms with Crippen LogP contribution in [0.4, 0.5) is 0 Å². The minimum Gasteiger partial charge on any atom is -0.494 e. The van der Waals surface area contributed by atoms with Gasteiger partial charge in [0.2, 0.25) is 5.91 Å². The van der Waals surface area contributed by atoms with Gasteiger partial charge < -0.3 is 14.6 Å². The summed E-state index contributed by atoms with van der Waals surface area (Å²) in [6.45, 7) is 12.1. The number of aromatic nitrogens is 2. The van der Waals surface area contributed by atoms with Crippen molar-refractivity contribution in [3.8, 4) is 5.75 Å². The van der Waals surface area contributed by atoms with Gasteiger partial charge in [0.05, 0.1) is 24.2 Å². The smallest absolute Gasteiger partial charge is 0.225 e. The molecule has 0 saturated carbocycles. The first-order valence-electron chi connectivity index (χ1n) is 11.2. The molecule has 0 spiro atoms. The zero-order valence-corrected chi connectivity index (χ0v) is 19.4. The van der Waals surface area contributed by atoms with Gasteiger partial charge in [-0.2, -0.15) is 0 Å². The highest BCUT2D eigenvalue weighted by atomic mass is 16.5. The van der Waals surface area contributed by atoms with Crippen molar-refractivity contribution in [2.24, 2.45) is 5.41 Å². The molecule has 1 amide bonds. The van der Waals surface area contributed by atoms with Crippen LogP contribution in [0.25, 0.3) is 11.0 Å². The highest BCUT2D eigenvalue weighted by molar-refractivity contribution is 5.81. The highest BCUT2D eigenvalue weighted by Gasteiger charge is 2.21. The highest BCUT2D eigenvalue weighted by Crippen LogP contribution is 2.20. The molecular weight excluding hydrogens is 386 g/mol. The lowest BCUT2D eigenvalue weighted by Gasteiger charge is -2.18. The Bertz CT molecular complexity index is 998. The van der Waals surface area contributed by atoms with Gasteiger partial charge in [-0.05, 0) is 48.6 Å². The molecule has 166 valence electrons. The average molecular weight is 422 g/mol. The summed E-state index contributed by atoms with van der Waals surface area (Å²) >= 11 is 0. The van der Waals surface area contributed by atoms with Crippen molar-refractivity contribution >= 4 is 16.9 Å². The van der Waals surface area contributed by atoms with Crippen LogP contribution in [0.3, 0.4) is 0 Å². The van der Waals surface area contributed by atoms with Crippen LogP contribution >= 0.6 is 0 Å². The van der Waals surface area contributed by atoms with E-state index in [0.29, 0.717) is 19.1 Å². The monoisotopic (exact) mass is 421 g/mol. The molecule has 0 aliphatic heterocycles. The lowest BCUT2D eigenvalue weighted by Crippen LogP contribution is -2.35. The van der Waals surface area contributed by atoms with E-state index >= 15 is 0 Å². The van der Waals surface area contributed by atoms with E-state index in [1.807, 2.05) is 39.0 Å². The number of para-hydroxylation sites is 2. The predicted molar refractivity (Wildman–Crippen MR) is 126 cm³/mol. The average Bonchev–Trinajstić information content (AvgIpc) is 3.09. The third-order valence-corrected chi connectivity index (χ3v) is 5.41. The number of ether oxygens (including phenoxy) is 1. The molecule has 0 aliphatic carbocycles. The number of fused-ring (bicyclic) bond motifs is 1. The zero-order valence-electron chi connectivity index (χ0n) is 19.4. The molecule has 5 heteroatoms. The summed E-state index contributed by atoms with van der Waals surface area (Å²) in [6, 6.07) is 16.5. The van der Waals surface area contributed by atoms with E-state index in [4.69, 9.17) is 9.72 Å².